The topological polar surface area (TPSA) is 209 Å². The molecular weight excluding hydrogens is 801 g/mol. The first kappa shape index (κ1) is 43.7. The van der Waals surface area contributed by atoms with Gasteiger partial charge >= 0.3 is 11.9 Å². The largest absolute Gasteiger partial charge is 0.495 e. The fourth-order valence-corrected chi connectivity index (χ4v) is 6.79. The number of para-hydroxylation sites is 4. The van der Waals surface area contributed by atoms with Gasteiger partial charge < -0.3 is 39.5 Å². The highest BCUT2D eigenvalue weighted by molar-refractivity contribution is 6.12. The van der Waals surface area contributed by atoms with Crippen LogP contribution in [0, 0.1) is 22.7 Å². The summed E-state index contributed by atoms with van der Waals surface area (Å²) < 4.78 is 14.0. The van der Waals surface area contributed by atoms with Crippen molar-refractivity contribution in [3.63, 3.8) is 0 Å². The summed E-state index contributed by atoms with van der Waals surface area (Å²) in [6, 6.07) is 40.4. The van der Waals surface area contributed by atoms with E-state index in [0.717, 1.165) is 21.9 Å². The molecule has 0 saturated carbocycles. The van der Waals surface area contributed by atoms with E-state index < -0.39 is 23.8 Å². The highest BCUT2D eigenvalue weighted by Gasteiger charge is 2.18. The summed E-state index contributed by atoms with van der Waals surface area (Å²) in [7, 11) is 1.51. The lowest BCUT2D eigenvalue weighted by Gasteiger charge is -2.12. The van der Waals surface area contributed by atoms with Gasteiger partial charge in [0.05, 0.1) is 25.1 Å². The molecule has 2 heterocycles. The first-order valence-electron chi connectivity index (χ1n) is 19.4. The minimum absolute atomic E-state index is 0.102. The summed E-state index contributed by atoms with van der Waals surface area (Å²) in [6.07, 6.45) is 6.17. The first-order chi connectivity index (χ1) is 30.5. The van der Waals surface area contributed by atoms with E-state index in [1.807, 2.05) is 79.7 Å². The van der Waals surface area contributed by atoms with Crippen molar-refractivity contribution in [3.8, 4) is 34.8 Å². The van der Waals surface area contributed by atoms with E-state index >= 15 is 0 Å². The number of ether oxygens (including phenoxy) is 2. The summed E-state index contributed by atoms with van der Waals surface area (Å²) in [5.74, 6) is -2.16. The molecule has 5 aromatic carbocycles. The fourth-order valence-electron chi connectivity index (χ4n) is 6.79. The van der Waals surface area contributed by atoms with Crippen molar-refractivity contribution in [2.75, 3.05) is 24.4 Å². The Morgan fingerprint density at radius 3 is 1.62 bits per heavy atom. The zero-order valence-electron chi connectivity index (χ0n) is 34.1. The number of carbonyl (C=O) groups excluding carboxylic acids is 2. The molecule has 0 fully saturated rings. The van der Waals surface area contributed by atoms with Crippen molar-refractivity contribution in [2.45, 2.75) is 20.0 Å². The SMILES string of the molecule is CCOc1ccccc1NC(=O)C(C#N)=Cc1cn(CC(=O)O)c2ccccc12.COc1ccc(-c2ccccc2)cc1NC(=O)C(C#N)=Cc1cn(CC(=O)O)c2ccccc12. The molecule has 14 heteroatoms. The third-order valence-corrected chi connectivity index (χ3v) is 9.57. The molecule has 7 rings (SSSR count). The Morgan fingerprint density at radius 2 is 1.11 bits per heavy atom. The van der Waals surface area contributed by atoms with Crippen LogP contribution < -0.4 is 20.1 Å². The highest BCUT2D eigenvalue weighted by Crippen LogP contribution is 2.32. The van der Waals surface area contributed by atoms with E-state index in [0.29, 0.717) is 51.6 Å². The standard InChI is InChI=1S/C27H21N3O4.C22H19N3O4/c1-34-25-12-11-19(18-7-3-2-4-8-18)14-23(25)29-27(33)20(15-28)13-21-16-30(17-26(31)32)24-10-6-5-9-22(21)24;1-2-29-20-10-6-4-8-18(20)24-22(28)15(12-23)11-16-13-25(14-21(26)27)19-9-5-3-7-17(16)19/h2-14,16H,17H2,1H3,(H,29,33)(H,31,32);3-11,13H,2,14H2,1H3,(H,24,28)(H,26,27). The van der Waals surface area contributed by atoms with Crippen LogP contribution in [0.4, 0.5) is 11.4 Å². The number of hydrogen-bond donors (Lipinski definition) is 4. The number of aliphatic carboxylic acids is 2. The molecule has 0 radical (unpaired) electrons. The van der Waals surface area contributed by atoms with E-state index in [9.17, 15) is 34.8 Å². The molecule has 2 amide bonds. The average molecular weight is 841 g/mol. The molecule has 314 valence electrons. The van der Waals surface area contributed by atoms with Gasteiger partial charge in [0.25, 0.3) is 11.8 Å². The van der Waals surface area contributed by atoms with Crippen LogP contribution in [0.2, 0.25) is 0 Å². The number of nitrogens with zero attached hydrogens (tertiary/aromatic N) is 4. The van der Waals surface area contributed by atoms with Gasteiger partial charge in [-0.25, -0.2) is 0 Å². The Bertz CT molecular complexity index is 2990. The smallest absolute Gasteiger partial charge is 0.323 e. The maximum absolute atomic E-state index is 13.0. The van der Waals surface area contributed by atoms with E-state index in [1.54, 1.807) is 82.2 Å². The Hall–Kier alpha value is -8.88. The Balaban J connectivity index is 0.000000213. The molecule has 0 unspecified atom stereocenters. The second-order valence-corrected chi connectivity index (χ2v) is 13.7. The van der Waals surface area contributed by atoms with Crippen molar-refractivity contribution in [1.82, 2.24) is 9.13 Å². The van der Waals surface area contributed by atoms with Crippen LogP contribution in [0.15, 0.2) is 145 Å². The van der Waals surface area contributed by atoms with Gasteiger partial charge in [0.15, 0.2) is 0 Å². The maximum Gasteiger partial charge on any atom is 0.323 e. The lowest BCUT2D eigenvalue weighted by molar-refractivity contribution is -0.138. The number of nitrogens with one attached hydrogen (secondary N) is 2. The van der Waals surface area contributed by atoms with Crippen molar-refractivity contribution < 1.29 is 38.9 Å². The molecule has 63 heavy (non-hydrogen) atoms. The Morgan fingerprint density at radius 1 is 0.619 bits per heavy atom. The van der Waals surface area contributed by atoms with E-state index in [-0.39, 0.29) is 24.2 Å². The molecule has 0 bridgehead atoms. The molecule has 14 nitrogen and oxygen atoms in total. The van der Waals surface area contributed by atoms with Crippen LogP contribution in [-0.4, -0.2) is 56.8 Å². The Labute approximate surface area is 361 Å². The summed E-state index contributed by atoms with van der Waals surface area (Å²) in [5.41, 5.74) is 5.11. The summed E-state index contributed by atoms with van der Waals surface area (Å²) in [5, 5.41) is 44.5. The quantitative estimate of drug-likeness (QED) is 0.0605. The molecule has 0 atom stereocenters. The number of hydrogen-bond acceptors (Lipinski definition) is 8. The molecule has 4 N–H and O–H groups in total. The molecule has 0 aliphatic heterocycles. The van der Waals surface area contributed by atoms with E-state index in [1.165, 1.54) is 19.3 Å². The van der Waals surface area contributed by atoms with Crippen LogP contribution in [0.1, 0.15) is 18.1 Å². The van der Waals surface area contributed by atoms with Crippen molar-refractivity contribution in [2.24, 2.45) is 0 Å². The minimum Gasteiger partial charge on any atom is -0.495 e. The lowest BCUT2D eigenvalue weighted by atomic mass is 10.0. The van der Waals surface area contributed by atoms with Crippen LogP contribution in [0.5, 0.6) is 11.5 Å². The number of carboxylic acid groups (broad SMARTS) is 2. The van der Waals surface area contributed by atoms with Gasteiger partial charge in [0.1, 0.15) is 47.9 Å². The van der Waals surface area contributed by atoms with Crippen molar-refractivity contribution in [3.05, 3.63) is 156 Å². The van der Waals surface area contributed by atoms with Gasteiger partial charge in [0, 0.05) is 45.3 Å². The maximum atomic E-state index is 13.0. The molecule has 0 spiro atoms. The molecule has 2 aromatic heterocycles. The molecule has 0 saturated heterocycles. The van der Waals surface area contributed by atoms with Gasteiger partial charge in [-0.1, -0.05) is 84.9 Å². The monoisotopic (exact) mass is 840 g/mol. The lowest BCUT2D eigenvalue weighted by Crippen LogP contribution is -2.14. The van der Waals surface area contributed by atoms with Crippen molar-refractivity contribution >= 4 is 69.1 Å². The number of aromatic nitrogens is 2. The van der Waals surface area contributed by atoms with Gasteiger partial charge in [-0.2, -0.15) is 10.5 Å². The average Bonchev–Trinajstić information content (AvgIpc) is 3.81. The molecule has 0 aliphatic carbocycles. The third kappa shape index (κ3) is 10.7. The summed E-state index contributed by atoms with van der Waals surface area (Å²) >= 11 is 0. The van der Waals surface area contributed by atoms with E-state index in [2.05, 4.69) is 10.6 Å². The summed E-state index contributed by atoms with van der Waals surface area (Å²) in [4.78, 5) is 48.1. The number of anilines is 2. The van der Waals surface area contributed by atoms with Crippen LogP contribution in [0.25, 0.3) is 45.1 Å². The zero-order chi connectivity index (χ0) is 44.9. The Kier molecular flexibility index (Phi) is 14.1. The number of benzene rings is 5. The predicted molar refractivity (Wildman–Crippen MR) is 240 cm³/mol. The molecule has 0 aliphatic rings. The first-order valence-corrected chi connectivity index (χ1v) is 19.4. The van der Waals surface area contributed by atoms with Gasteiger partial charge in [-0.15, -0.1) is 0 Å². The van der Waals surface area contributed by atoms with Crippen LogP contribution in [0.3, 0.4) is 0 Å². The minimum atomic E-state index is -0.986. The second-order valence-electron chi connectivity index (χ2n) is 13.7. The van der Waals surface area contributed by atoms with E-state index in [4.69, 9.17) is 14.6 Å². The predicted octanol–water partition coefficient (Wildman–Crippen LogP) is 8.62. The van der Waals surface area contributed by atoms with Crippen LogP contribution >= 0.6 is 0 Å². The molecular formula is C49H40N6O8. The number of carbonyl (C=O) groups is 4. The highest BCUT2D eigenvalue weighted by atomic mass is 16.5. The number of fused-ring (bicyclic) bond motifs is 2. The molecule has 7 aromatic rings. The number of methoxy groups -OCH3 is 1. The van der Waals surface area contributed by atoms with Crippen molar-refractivity contribution in [1.29, 1.82) is 10.5 Å². The number of rotatable bonds is 14. The summed E-state index contributed by atoms with van der Waals surface area (Å²) in [6.45, 7) is 1.83. The number of amides is 2. The van der Waals surface area contributed by atoms with Gasteiger partial charge in [-0.05, 0) is 66.6 Å². The van der Waals surface area contributed by atoms with Gasteiger partial charge in [0.2, 0.25) is 0 Å². The zero-order valence-corrected chi connectivity index (χ0v) is 34.1. The van der Waals surface area contributed by atoms with Gasteiger partial charge in [-0.3, -0.25) is 19.2 Å². The third-order valence-electron chi connectivity index (χ3n) is 9.57. The normalized spacial score (nSPS) is 11.1. The second kappa shape index (κ2) is 20.4. The van der Waals surface area contributed by atoms with Crippen LogP contribution in [-0.2, 0) is 32.3 Å². The number of carboxylic acids is 2. The fraction of sp³-hybridized carbons (Fsp3) is 0.102. The number of nitriles is 2.